The lowest BCUT2D eigenvalue weighted by Gasteiger charge is -2.27. The number of carbonyl (C=O) groups excluding carboxylic acids is 1. The van der Waals surface area contributed by atoms with Crippen LogP contribution in [0.15, 0.2) is 35.2 Å². The summed E-state index contributed by atoms with van der Waals surface area (Å²) in [5, 5.41) is 7.55. The zero-order valence-corrected chi connectivity index (χ0v) is 17.3. The van der Waals surface area contributed by atoms with Gasteiger partial charge in [0.1, 0.15) is 17.9 Å². The molecule has 3 aromatic heterocycles. The summed E-state index contributed by atoms with van der Waals surface area (Å²) in [6.07, 6.45) is 4.17. The maximum atomic E-state index is 12.2. The molecule has 1 amide bonds. The molecule has 0 atom stereocenters. The maximum absolute atomic E-state index is 12.2. The van der Waals surface area contributed by atoms with Crippen LogP contribution in [0.3, 0.4) is 0 Å². The molecule has 1 N–H and O–H groups in total. The quantitative estimate of drug-likeness (QED) is 0.636. The van der Waals surface area contributed by atoms with E-state index in [1.807, 2.05) is 30.7 Å². The van der Waals surface area contributed by atoms with Crippen molar-refractivity contribution in [1.29, 1.82) is 0 Å². The fraction of sp³-hybridized carbons (Fsp3) is 0.429. The minimum Gasteiger partial charge on any atom is -0.467 e. The predicted molar refractivity (Wildman–Crippen MR) is 111 cm³/mol. The van der Waals surface area contributed by atoms with Crippen molar-refractivity contribution in [1.82, 2.24) is 25.1 Å². The molecular formula is C21H26N6O3. The average Bonchev–Trinajstić information content (AvgIpc) is 3.39. The summed E-state index contributed by atoms with van der Waals surface area (Å²) in [7, 11) is 0. The monoisotopic (exact) mass is 410 g/mol. The Kier molecular flexibility index (Phi) is 6.08. The Hall–Kier alpha value is -3.20. The van der Waals surface area contributed by atoms with E-state index >= 15 is 0 Å². The van der Waals surface area contributed by atoms with E-state index < -0.39 is 0 Å². The third kappa shape index (κ3) is 4.51. The predicted octanol–water partition coefficient (Wildman–Crippen LogP) is 1.96. The Bertz CT molecular complexity index is 992. The van der Waals surface area contributed by atoms with Gasteiger partial charge in [-0.1, -0.05) is 0 Å². The van der Waals surface area contributed by atoms with E-state index in [0.29, 0.717) is 32.6 Å². The van der Waals surface area contributed by atoms with Crippen LogP contribution in [0.2, 0.25) is 0 Å². The summed E-state index contributed by atoms with van der Waals surface area (Å²) >= 11 is 0. The van der Waals surface area contributed by atoms with Crippen LogP contribution in [0, 0.1) is 13.8 Å². The van der Waals surface area contributed by atoms with Gasteiger partial charge in [0, 0.05) is 31.3 Å². The molecule has 9 heteroatoms. The number of nitrogens with zero attached hydrogens (tertiary/aromatic N) is 5. The van der Waals surface area contributed by atoms with Crippen molar-refractivity contribution < 1.29 is 13.9 Å². The first kappa shape index (κ1) is 20.1. The molecule has 0 radical (unpaired) electrons. The second kappa shape index (κ2) is 9.08. The molecule has 4 rings (SSSR count). The number of rotatable bonds is 7. The first-order valence-corrected chi connectivity index (χ1v) is 10.1. The van der Waals surface area contributed by atoms with Gasteiger partial charge in [-0.25, -0.2) is 14.6 Å². The zero-order chi connectivity index (χ0) is 20.9. The number of aromatic nitrogens is 4. The van der Waals surface area contributed by atoms with Crippen LogP contribution in [0.5, 0.6) is 0 Å². The van der Waals surface area contributed by atoms with Crippen molar-refractivity contribution in [3.8, 4) is 5.82 Å². The van der Waals surface area contributed by atoms with Crippen LogP contribution in [-0.2, 0) is 22.5 Å². The van der Waals surface area contributed by atoms with Gasteiger partial charge in [-0.3, -0.25) is 4.79 Å². The van der Waals surface area contributed by atoms with E-state index in [0.717, 1.165) is 47.4 Å². The summed E-state index contributed by atoms with van der Waals surface area (Å²) in [6, 6.07) is 5.59. The Morgan fingerprint density at radius 2 is 2.00 bits per heavy atom. The van der Waals surface area contributed by atoms with Crippen molar-refractivity contribution in [2.45, 2.75) is 33.2 Å². The number of carbonyl (C=O) groups is 1. The standard InChI is InChI=1S/C21H26N6O3/c1-15-18(5-6-21(28)22-13-17-4-3-9-30-17)16(2)27(25-15)20-12-19(23-14-24-20)26-7-10-29-11-8-26/h3-4,9,12,14H,5-8,10-11,13H2,1-2H3,(H,22,28). The van der Waals surface area contributed by atoms with Crippen molar-refractivity contribution in [2.24, 2.45) is 0 Å². The zero-order valence-electron chi connectivity index (χ0n) is 17.3. The number of aryl methyl sites for hydroxylation is 1. The molecule has 0 spiro atoms. The molecule has 1 aliphatic heterocycles. The van der Waals surface area contributed by atoms with Gasteiger partial charge in [0.05, 0.1) is 31.7 Å². The van der Waals surface area contributed by atoms with Crippen molar-refractivity contribution in [2.75, 3.05) is 31.2 Å². The van der Waals surface area contributed by atoms with Gasteiger partial charge in [-0.15, -0.1) is 0 Å². The van der Waals surface area contributed by atoms with Crippen LogP contribution < -0.4 is 10.2 Å². The van der Waals surface area contributed by atoms with Crippen LogP contribution >= 0.6 is 0 Å². The average molecular weight is 410 g/mol. The van der Waals surface area contributed by atoms with E-state index in [2.05, 4.69) is 25.3 Å². The molecule has 0 bridgehead atoms. The largest absolute Gasteiger partial charge is 0.467 e. The lowest BCUT2D eigenvalue weighted by molar-refractivity contribution is -0.121. The highest BCUT2D eigenvalue weighted by Crippen LogP contribution is 2.21. The van der Waals surface area contributed by atoms with Crippen LogP contribution in [0.25, 0.3) is 5.82 Å². The van der Waals surface area contributed by atoms with Gasteiger partial charge in [0.25, 0.3) is 0 Å². The summed E-state index contributed by atoms with van der Waals surface area (Å²) in [5.74, 6) is 2.31. The Balaban J connectivity index is 1.43. The van der Waals surface area contributed by atoms with Crippen LogP contribution in [-0.4, -0.2) is 52.0 Å². The van der Waals surface area contributed by atoms with Gasteiger partial charge < -0.3 is 19.4 Å². The molecule has 9 nitrogen and oxygen atoms in total. The van der Waals surface area contributed by atoms with Gasteiger partial charge in [0.15, 0.2) is 5.82 Å². The lowest BCUT2D eigenvalue weighted by Crippen LogP contribution is -2.36. The maximum Gasteiger partial charge on any atom is 0.220 e. The van der Waals surface area contributed by atoms with E-state index in [-0.39, 0.29) is 5.91 Å². The lowest BCUT2D eigenvalue weighted by atomic mass is 10.1. The van der Waals surface area contributed by atoms with Crippen LogP contribution in [0.4, 0.5) is 5.82 Å². The molecule has 0 aromatic carbocycles. The van der Waals surface area contributed by atoms with Gasteiger partial charge in [-0.2, -0.15) is 5.10 Å². The SMILES string of the molecule is Cc1nn(-c2cc(N3CCOCC3)ncn2)c(C)c1CCC(=O)NCc1ccco1. The van der Waals surface area contributed by atoms with Gasteiger partial charge >= 0.3 is 0 Å². The normalized spacial score (nSPS) is 14.1. The fourth-order valence-corrected chi connectivity index (χ4v) is 3.60. The summed E-state index contributed by atoms with van der Waals surface area (Å²) < 4.78 is 12.5. The van der Waals surface area contributed by atoms with E-state index in [9.17, 15) is 4.79 Å². The first-order chi connectivity index (χ1) is 14.6. The third-order valence-corrected chi connectivity index (χ3v) is 5.27. The number of anilines is 1. The second-order valence-electron chi connectivity index (χ2n) is 7.25. The van der Waals surface area contributed by atoms with Crippen LogP contribution in [0.1, 0.15) is 29.1 Å². The van der Waals surface area contributed by atoms with Gasteiger partial charge in [0.2, 0.25) is 5.91 Å². The highest BCUT2D eigenvalue weighted by atomic mass is 16.5. The minimum absolute atomic E-state index is 0.0189. The number of furan rings is 1. The number of hydrogen-bond acceptors (Lipinski definition) is 7. The molecular weight excluding hydrogens is 384 g/mol. The first-order valence-electron chi connectivity index (χ1n) is 10.1. The number of amides is 1. The van der Waals surface area contributed by atoms with Crippen molar-refractivity contribution in [3.63, 3.8) is 0 Å². The molecule has 1 saturated heterocycles. The number of hydrogen-bond donors (Lipinski definition) is 1. The third-order valence-electron chi connectivity index (χ3n) is 5.27. The molecule has 30 heavy (non-hydrogen) atoms. The Labute approximate surface area is 175 Å². The van der Waals surface area contributed by atoms with E-state index in [1.54, 1.807) is 18.7 Å². The van der Waals surface area contributed by atoms with Crippen molar-refractivity contribution in [3.05, 3.63) is 53.5 Å². The number of nitrogens with one attached hydrogen (secondary N) is 1. The molecule has 4 heterocycles. The second-order valence-corrected chi connectivity index (χ2v) is 7.25. The molecule has 0 aliphatic carbocycles. The number of ether oxygens (including phenoxy) is 1. The smallest absolute Gasteiger partial charge is 0.220 e. The highest BCUT2D eigenvalue weighted by Gasteiger charge is 2.17. The topological polar surface area (TPSA) is 98.3 Å². The molecule has 1 aliphatic rings. The molecule has 3 aromatic rings. The minimum atomic E-state index is -0.0189. The molecule has 1 fully saturated rings. The molecule has 0 saturated carbocycles. The Morgan fingerprint density at radius 1 is 1.20 bits per heavy atom. The molecule has 158 valence electrons. The summed E-state index contributed by atoms with van der Waals surface area (Å²) in [6.45, 7) is 7.39. The van der Waals surface area contributed by atoms with E-state index in [4.69, 9.17) is 9.15 Å². The number of morpholine rings is 1. The summed E-state index contributed by atoms with van der Waals surface area (Å²) in [5.41, 5.74) is 2.95. The van der Waals surface area contributed by atoms with Crippen molar-refractivity contribution >= 4 is 11.7 Å². The fourth-order valence-electron chi connectivity index (χ4n) is 3.60. The highest BCUT2D eigenvalue weighted by molar-refractivity contribution is 5.76. The molecule has 0 unspecified atom stereocenters. The van der Waals surface area contributed by atoms with Gasteiger partial charge in [-0.05, 0) is 38.0 Å². The summed E-state index contributed by atoms with van der Waals surface area (Å²) in [4.78, 5) is 23.2. The Morgan fingerprint density at radius 3 is 2.77 bits per heavy atom. The van der Waals surface area contributed by atoms with E-state index in [1.165, 1.54) is 0 Å².